The largest absolute Gasteiger partial charge is 0.507 e. The van der Waals surface area contributed by atoms with Gasteiger partial charge in [0.25, 0.3) is 5.91 Å². The number of methoxy groups -OCH3 is 1. The van der Waals surface area contributed by atoms with Crippen LogP contribution in [-0.2, 0) is 4.74 Å². The van der Waals surface area contributed by atoms with Gasteiger partial charge in [-0.1, -0.05) is 30.3 Å². The van der Waals surface area contributed by atoms with Crippen molar-refractivity contribution in [3.8, 4) is 11.4 Å². The van der Waals surface area contributed by atoms with Crippen molar-refractivity contribution in [2.75, 3.05) is 7.11 Å². The molecule has 7 heteroatoms. The molecule has 172 valence electrons. The maximum Gasteiger partial charge on any atom is 0.337 e. The molecule has 0 radical (unpaired) electrons. The van der Waals surface area contributed by atoms with Gasteiger partial charge in [-0.2, -0.15) is 5.10 Å². The summed E-state index contributed by atoms with van der Waals surface area (Å²) in [5.41, 5.74) is 7.62. The van der Waals surface area contributed by atoms with Crippen LogP contribution in [0.1, 0.15) is 43.2 Å². The van der Waals surface area contributed by atoms with E-state index in [4.69, 9.17) is 4.74 Å². The van der Waals surface area contributed by atoms with Crippen molar-refractivity contribution in [3.63, 3.8) is 0 Å². The van der Waals surface area contributed by atoms with Crippen LogP contribution in [0.25, 0.3) is 16.5 Å². The Balaban J connectivity index is 1.59. The lowest BCUT2D eigenvalue weighted by molar-refractivity contribution is 0.0600. The quantitative estimate of drug-likeness (QED) is 0.257. The van der Waals surface area contributed by atoms with E-state index in [2.05, 4.69) is 10.5 Å². The summed E-state index contributed by atoms with van der Waals surface area (Å²) in [6.07, 6.45) is 1.56. The number of carbonyl (C=O) groups is 2. The van der Waals surface area contributed by atoms with E-state index in [1.165, 1.54) is 7.11 Å². The number of hydrazone groups is 1. The molecule has 2 N–H and O–H groups in total. The Hall–Kier alpha value is -4.39. The van der Waals surface area contributed by atoms with Gasteiger partial charge in [0.05, 0.1) is 24.5 Å². The number of rotatable bonds is 5. The fraction of sp³-hybridized carbons (Fsp3) is 0.148. The maximum absolute atomic E-state index is 12.6. The highest BCUT2D eigenvalue weighted by atomic mass is 16.5. The molecule has 7 nitrogen and oxygen atoms in total. The van der Waals surface area contributed by atoms with Gasteiger partial charge < -0.3 is 14.4 Å². The number of nitrogens with zero attached hydrogens (tertiary/aromatic N) is 2. The van der Waals surface area contributed by atoms with Crippen molar-refractivity contribution in [1.82, 2.24) is 9.99 Å². The molecule has 1 aromatic heterocycles. The first-order valence-electron chi connectivity index (χ1n) is 10.7. The first-order valence-corrected chi connectivity index (χ1v) is 10.7. The second-order valence-electron chi connectivity index (χ2n) is 8.07. The second kappa shape index (κ2) is 9.23. The van der Waals surface area contributed by atoms with Crippen LogP contribution in [0.4, 0.5) is 0 Å². The standard InChI is InChI=1S/C27H25N3O4/c1-16-9-10-21(27(33)34-4)13-24(16)30-17(2)11-22(18(30)3)15-28-29-26(32)23-12-19-7-5-6-8-20(19)14-25(23)31/h5-15,31H,1-4H3,(H,29,32). The third-order valence-electron chi connectivity index (χ3n) is 5.82. The van der Waals surface area contributed by atoms with E-state index in [0.717, 1.165) is 39.0 Å². The molecule has 0 aliphatic rings. The van der Waals surface area contributed by atoms with Crippen molar-refractivity contribution < 1.29 is 19.4 Å². The number of aromatic nitrogens is 1. The Bertz CT molecular complexity index is 1450. The summed E-state index contributed by atoms with van der Waals surface area (Å²) in [5.74, 6) is -1.01. The van der Waals surface area contributed by atoms with Gasteiger partial charge in [-0.25, -0.2) is 10.2 Å². The minimum absolute atomic E-state index is 0.106. The van der Waals surface area contributed by atoms with E-state index >= 15 is 0 Å². The van der Waals surface area contributed by atoms with Gasteiger partial charge in [-0.05, 0) is 67.4 Å². The van der Waals surface area contributed by atoms with Gasteiger partial charge in [0.2, 0.25) is 0 Å². The van der Waals surface area contributed by atoms with Gasteiger partial charge in [-0.3, -0.25) is 4.79 Å². The fourth-order valence-electron chi connectivity index (χ4n) is 4.01. The summed E-state index contributed by atoms with van der Waals surface area (Å²) in [6, 6.07) is 18.0. The van der Waals surface area contributed by atoms with Gasteiger partial charge in [0.15, 0.2) is 0 Å². The van der Waals surface area contributed by atoms with E-state index in [1.807, 2.05) is 61.7 Å². The van der Waals surface area contributed by atoms with Crippen LogP contribution < -0.4 is 5.43 Å². The smallest absolute Gasteiger partial charge is 0.337 e. The van der Waals surface area contributed by atoms with Crippen LogP contribution in [0.5, 0.6) is 5.75 Å². The molecule has 0 spiro atoms. The van der Waals surface area contributed by atoms with Gasteiger partial charge in [-0.15, -0.1) is 0 Å². The summed E-state index contributed by atoms with van der Waals surface area (Å²) in [6.45, 7) is 5.87. The molecule has 0 saturated carbocycles. The van der Waals surface area contributed by atoms with E-state index in [-0.39, 0.29) is 11.3 Å². The van der Waals surface area contributed by atoms with Crippen molar-refractivity contribution >= 4 is 28.9 Å². The van der Waals surface area contributed by atoms with Crippen molar-refractivity contribution in [3.05, 3.63) is 94.3 Å². The Labute approximate surface area is 197 Å². The number of phenols is 1. The molecule has 34 heavy (non-hydrogen) atoms. The molecular formula is C27H25N3O4. The lowest BCUT2D eigenvalue weighted by Crippen LogP contribution is -2.17. The number of aryl methyl sites for hydroxylation is 2. The third-order valence-corrected chi connectivity index (χ3v) is 5.82. The molecule has 0 saturated heterocycles. The second-order valence-corrected chi connectivity index (χ2v) is 8.07. The Kier molecular flexibility index (Phi) is 6.19. The zero-order valence-electron chi connectivity index (χ0n) is 19.4. The predicted octanol–water partition coefficient (Wildman–Crippen LogP) is 4.81. The lowest BCUT2D eigenvalue weighted by atomic mass is 10.1. The van der Waals surface area contributed by atoms with Gasteiger partial charge in [0.1, 0.15) is 5.75 Å². The van der Waals surface area contributed by atoms with Crippen LogP contribution in [0.3, 0.4) is 0 Å². The molecule has 3 aromatic carbocycles. The molecule has 0 aliphatic carbocycles. The van der Waals surface area contributed by atoms with Crippen molar-refractivity contribution in [2.24, 2.45) is 5.10 Å². The number of esters is 1. The first kappa shape index (κ1) is 22.8. The molecule has 1 heterocycles. The number of hydrogen-bond donors (Lipinski definition) is 2. The number of hydrogen-bond acceptors (Lipinski definition) is 5. The molecule has 0 unspecified atom stereocenters. The summed E-state index contributed by atoms with van der Waals surface area (Å²) in [7, 11) is 1.36. The SMILES string of the molecule is COC(=O)c1ccc(C)c(-n2c(C)cc(C=NNC(=O)c3cc4ccccc4cc3O)c2C)c1. The number of nitrogens with one attached hydrogen (secondary N) is 1. The topological polar surface area (TPSA) is 92.9 Å². The monoisotopic (exact) mass is 455 g/mol. The minimum Gasteiger partial charge on any atom is -0.507 e. The van der Waals surface area contributed by atoms with E-state index in [0.29, 0.717) is 5.56 Å². The molecule has 4 rings (SSSR count). The summed E-state index contributed by atoms with van der Waals surface area (Å²) >= 11 is 0. The number of carbonyl (C=O) groups excluding carboxylic acids is 2. The van der Waals surface area contributed by atoms with Crippen molar-refractivity contribution in [2.45, 2.75) is 20.8 Å². The lowest BCUT2D eigenvalue weighted by Gasteiger charge is -2.14. The Morgan fingerprint density at radius 2 is 1.71 bits per heavy atom. The van der Waals surface area contributed by atoms with Crippen LogP contribution in [0.2, 0.25) is 0 Å². The number of phenolic OH excluding ortho intramolecular Hbond substituents is 1. The molecule has 0 bridgehead atoms. The number of ether oxygens (including phenoxy) is 1. The molecule has 0 aliphatic heterocycles. The van der Waals surface area contributed by atoms with Crippen LogP contribution >= 0.6 is 0 Å². The van der Waals surface area contributed by atoms with Gasteiger partial charge >= 0.3 is 5.97 Å². The average Bonchev–Trinajstić information content (AvgIpc) is 3.11. The molecular weight excluding hydrogens is 430 g/mol. The molecule has 0 fully saturated rings. The zero-order valence-corrected chi connectivity index (χ0v) is 19.4. The summed E-state index contributed by atoms with van der Waals surface area (Å²) in [5, 5.41) is 16.1. The number of amides is 1. The number of benzene rings is 3. The summed E-state index contributed by atoms with van der Waals surface area (Å²) < 4.78 is 6.88. The van der Waals surface area contributed by atoms with E-state index in [1.54, 1.807) is 30.5 Å². The highest BCUT2D eigenvalue weighted by molar-refractivity contribution is 6.01. The zero-order chi connectivity index (χ0) is 24.4. The number of aromatic hydroxyl groups is 1. The molecule has 1 amide bonds. The summed E-state index contributed by atoms with van der Waals surface area (Å²) in [4.78, 5) is 24.6. The van der Waals surface area contributed by atoms with Crippen molar-refractivity contribution in [1.29, 1.82) is 0 Å². The highest BCUT2D eigenvalue weighted by Crippen LogP contribution is 2.26. The van der Waals surface area contributed by atoms with Crippen LogP contribution in [0, 0.1) is 20.8 Å². The van der Waals surface area contributed by atoms with E-state index in [9.17, 15) is 14.7 Å². The molecule has 4 aromatic rings. The van der Waals surface area contributed by atoms with Crippen LogP contribution in [0.15, 0.2) is 65.8 Å². The average molecular weight is 456 g/mol. The minimum atomic E-state index is -0.505. The first-order chi connectivity index (χ1) is 16.3. The Morgan fingerprint density at radius 3 is 2.41 bits per heavy atom. The normalized spacial score (nSPS) is 11.2. The van der Waals surface area contributed by atoms with Crippen LogP contribution in [-0.4, -0.2) is 34.9 Å². The maximum atomic E-state index is 12.6. The van der Waals surface area contributed by atoms with Gasteiger partial charge in [0, 0.05) is 22.6 Å². The highest BCUT2D eigenvalue weighted by Gasteiger charge is 2.15. The fourth-order valence-corrected chi connectivity index (χ4v) is 4.01. The van der Waals surface area contributed by atoms with E-state index < -0.39 is 11.9 Å². The number of fused-ring (bicyclic) bond motifs is 1. The Morgan fingerprint density at radius 1 is 1.00 bits per heavy atom. The predicted molar refractivity (Wildman–Crippen MR) is 132 cm³/mol. The molecule has 0 atom stereocenters. The third kappa shape index (κ3) is 4.28.